The summed E-state index contributed by atoms with van der Waals surface area (Å²) in [4.78, 5) is 30.7. The number of amides is 1. The summed E-state index contributed by atoms with van der Waals surface area (Å²) in [7, 11) is 1.67. The maximum atomic E-state index is 13.9. The molecule has 0 radical (unpaired) electrons. The number of carbonyl (C=O) groups is 2. The van der Waals surface area contributed by atoms with Crippen LogP contribution in [0.15, 0.2) is 54.7 Å². The summed E-state index contributed by atoms with van der Waals surface area (Å²) in [6.07, 6.45) is 2.22. The van der Waals surface area contributed by atoms with E-state index in [1.54, 1.807) is 19.3 Å². The highest BCUT2D eigenvalue weighted by Gasteiger charge is 2.26. The number of halogens is 2. The first-order valence-corrected chi connectivity index (χ1v) is 12.4. The van der Waals surface area contributed by atoms with Gasteiger partial charge in [0.2, 0.25) is 0 Å². The number of nitrogens with one attached hydrogen (secondary N) is 1. The van der Waals surface area contributed by atoms with Gasteiger partial charge in [0.1, 0.15) is 11.5 Å². The summed E-state index contributed by atoms with van der Waals surface area (Å²) < 4.78 is 28.8. The number of pyridine rings is 1. The van der Waals surface area contributed by atoms with Gasteiger partial charge in [-0.1, -0.05) is 45.0 Å². The molecule has 0 saturated heterocycles. The smallest absolute Gasteiger partial charge is 0.270 e. The fourth-order valence-electron chi connectivity index (χ4n) is 4.27. The first-order chi connectivity index (χ1) is 17.9. The first kappa shape index (κ1) is 26.9. The van der Waals surface area contributed by atoms with E-state index in [1.165, 1.54) is 10.7 Å². The lowest BCUT2D eigenvalue weighted by Gasteiger charge is -2.18. The second kappa shape index (κ2) is 10.7. The minimum atomic E-state index is -1.01. The lowest BCUT2D eigenvalue weighted by Crippen LogP contribution is -2.43. The second-order valence-electron chi connectivity index (χ2n) is 10.5. The van der Waals surface area contributed by atoms with E-state index in [9.17, 15) is 18.4 Å². The molecule has 0 unspecified atom stereocenters. The van der Waals surface area contributed by atoms with Crippen molar-refractivity contribution in [3.05, 3.63) is 88.9 Å². The number of aromatic nitrogens is 3. The van der Waals surface area contributed by atoms with Gasteiger partial charge in [-0.2, -0.15) is 5.10 Å². The number of benzene rings is 2. The van der Waals surface area contributed by atoms with Crippen molar-refractivity contribution < 1.29 is 18.4 Å². The minimum Gasteiger partial charge on any atom is -0.383 e. The van der Waals surface area contributed by atoms with E-state index in [-0.39, 0.29) is 24.0 Å². The Hall–Kier alpha value is -4.14. The van der Waals surface area contributed by atoms with E-state index in [0.29, 0.717) is 23.5 Å². The predicted octanol–water partition coefficient (Wildman–Crippen LogP) is 4.67. The highest BCUT2D eigenvalue weighted by molar-refractivity contribution is 5.97. The molecular weight excluding hydrogens is 488 g/mol. The lowest BCUT2D eigenvalue weighted by atomic mass is 9.92. The molecular formula is C29H31F2N5O2. The van der Waals surface area contributed by atoms with Crippen molar-refractivity contribution >= 4 is 28.3 Å². The maximum Gasteiger partial charge on any atom is 0.270 e. The Balaban J connectivity index is 1.55. The highest BCUT2D eigenvalue weighted by atomic mass is 19.2. The van der Waals surface area contributed by atoms with E-state index < -0.39 is 23.6 Å². The second-order valence-corrected chi connectivity index (χ2v) is 10.5. The Morgan fingerprint density at radius 2 is 1.76 bits per heavy atom. The monoisotopic (exact) mass is 519 g/mol. The lowest BCUT2D eigenvalue weighted by molar-refractivity contribution is -0.120. The Kier molecular flexibility index (Phi) is 7.57. The maximum absolute atomic E-state index is 13.9. The number of aryl methyl sites for hydroxylation is 2. The molecule has 0 aliphatic rings. The highest BCUT2D eigenvalue weighted by Crippen LogP contribution is 2.23. The summed E-state index contributed by atoms with van der Waals surface area (Å²) in [5, 5.41) is 8.99. The predicted molar refractivity (Wildman–Crippen MR) is 143 cm³/mol. The zero-order valence-corrected chi connectivity index (χ0v) is 21.9. The van der Waals surface area contributed by atoms with Gasteiger partial charge in [-0.15, -0.1) is 0 Å². The quantitative estimate of drug-likeness (QED) is 0.352. The molecule has 0 fully saturated rings. The van der Waals surface area contributed by atoms with Gasteiger partial charge in [-0.25, -0.2) is 13.8 Å². The van der Waals surface area contributed by atoms with Gasteiger partial charge < -0.3 is 11.1 Å². The summed E-state index contributed by atoms with van der Waals surface area (Å²) >= 11 is 0. The summed E-state index contributed by atoms with van der Waals surface area (Å²) in [5.41, 5.74) is 8.03. The molecule has 3 N–H and O–H groups in total. The zero-order chi connectivity index (χ0) is 27.6. The van der Waals surface area contributed by atoms with Gasteiger partial charge >= 0.3 is 0 Å². The van der Waals surface area contributed by atoms with E-state index in [1.807, 2.05) is 45.0 Å². The van der Waals surface area contributed by atoms with Crippen LogP contribution in [0.5, 0.6) is 0 Å². The fourth-order valence-corrected chi connectivity index (χ4v) is 4.27. The summed E-state index contributed by atoms with van der Waals surface area (Å²) in [5.74, 6) is -2.24. The van der Waals surface area contributed by atoms with Gasteiger partial charge in [0.25, 0.3) is 5.91 Å². The molecule has 38 heavy (non-hydrogen) atoms. The number of rotatable bonds is 8. The van der Waals surface area contributed by atoms with Crippen molar-refractivity contribution in [2.24, 2.45) is 7.05 Å². The van der Waals surface area contributed by atoms with E-state index in [0.717, 1.165) is 34.2 Å². The molecule has 0 aliphatic heterocycles. The molecule has 9 heteroatoms. The molecule has 1 atom stereocenters. The van der Waals surface area contributed by atoms with Crippen LogP contribution in [0.1, 0.15) is 54.5 Å². The average molecular weight is 520 g/mol. The van der Waals surface area contributed by atoms with Crippen molar-refractivity contribution in [2.75, 3.05) is 5.73 Å². The number of ketones is 1. The number of nitrogens with zero attached hydrogens (tertiary/aromatic N) is 3. The number of carbonyl (C=O) groups excluding carboxylic acids is 2. The van der Waals surface area contributed by atoms with Crippen LogP contribution in [0.3, 0.4) is 0 Å². The third-order valence-corrected chi connectivity index (χ3v) is 6.52. The van der Waals surface area contributed by atoms with Gasteiger partial charge in [-0.3, -0.25) is 14.3 Å². The summed E-state index contributed by atoms with van der Waals surface area (Å²) in [6, 6.07) is 11.8. The Morgan fingerprint density at radius 3 is 2.45 bits per heavy atom. The van der Waals surface area contributed by atoms with Crippen LogP contribution in [-0.4, -0.2) is 32.5 Å². The van der Waals surface area contributed by atoms with Crippen LogP contribution in [0.2, 0.25) is 0 Å². The topological polar surface area (TPSA) is 103 Å². The molecule has 0 spiro atoms. The van der Waals surface area contributed by atoms with E-state index in [2.05, 4.69) is 15.4 Å². The first-order valence-electron chi connectivity index (χ1n) is 12.4. The van der Waals surface area contributed by atoms with Crippen LogP contribution in [0.4, 0.5) is 14.6 Å². The van der Waals surface area contributed by atoms with Crippen LogP contribution in [-0.2, 0) is 30.1 Å². The molecule has 0 bridgehead atoms. The number of hydrogen-bond donors (Lipinski definition) is 2. The zero-order valence-electron chi connectivity index (χ0n) is 21.9. The molecule has 2 aromatic carbocycles. The van der Waals surface area contributed by atoms with Crippen molar-refractivity contribution in [2.45, 2.75) is 51.5 Å². The van der Waals surface area contributed by atoms with E-state index in [4.69, 9.17) is 5.73 Å². The van der Waals surface area contributed by atoms with Crippen LogP contribution in [0, 0.1) is 11.6 Å². The third kappa shape index (κ3) is 6.04. The van der Waals surface area contributed by atoms with Gasteiger partial charge in [0, 0.05) is 30.5 Å². The summed E-state index contributed by atoms with van der Waals surface area (Å²) in [6.45, 7) is 5.97. The molecule has 4 rings (SSSR count). The van der Waals surface area contributed by atoms with Crippen molar-refractivity contribution in [3.8, 4) is 0 Å². The number of fused-ring (bicyclic) bond motifs is 1. The number of Topliss-reactive ketones (excluding diaryl/α,β-unsaturated/α-hetero) is 1. The Morgan fingerprint density at radius 1 is 1.03 bits per heavy atom. The van der Waals surface area contributed by atoms with Crippen LogP contribution < -0.4 is 11.1 Å². The van der Waals surface area contributed by atoms with Crippen molar-refractivity contribution in [1.82, 2.24) is 20.1 Å². The SMILES string of the molecule is Cn1nc(C(C)(C)C)cc1C(=O)N[C@@H](Cc1ccc(F)c(F)c1)C(=O)CCc1ccc2c(N)nccc2c1. The molecule has 2 aromatic heterocycles. The van der Waals surface area contributed by atoms with Gasteiger partial charge in [-0.05, 0) is 53.6 Å². The molecule has 7 nitrogen and oxygen atoms in total. The molecule has 4 aromatic rings. The third-order valence-electron chi connectivity index (χ3n) is 6.52. The average Bonchev–Trinajstić information content (AvgIpc) is 3.27. The number of hydrogen-bond acceptors (Lipinski definition) is 5. The van der Waals surface area contributed by atoms with Gasteiger partial charge in [0.15, 0.2) is 17.4 Å². The molecule has 198 valence electrons. The molecule has 1 amide bonds. The largest absolute Gasteiger partial charge is 0.383 e. The fraction of sp³-hybridized carbons (Fsp3) is 0.310. The Labute approximate surface area is 220 Å². The minimum absolute atomic E-state index is 0.0195. The van der Waals surface area contributed by atoms with Crippen LogP contribution >= 0.6 is 0 Å². The van der Waals surface area contributed by atoms with Crippen molar-refractivity contribution in [1.29, 1.82) is 0 Å². The standard InChI is InChI=1S/C29H31F2N5O2/c1-29(2,3)26-16-24(36(4)35-26)28(38)34-23(15-18-6-9-21(30)22(31)14-18)25(37)10-7-17-5-8-20-19(13-17)11-12-33-27(20)32/h5-6,8-9,11-14,16,23H,7,10,15H2,1-4H3,(H2,32,33)(H,34,38)/t23-/m0/s1. The normalized spacial score (nSPS) is 12.5. The molecule has 0 aliphatic carbocycles. The number of anilines is 1. The Bertz CT molecular complexity index is 1510. The van der Waals surface area contributed by atoms with Crippen molar-refractivity contribution in [3.63, 3.8) is 0 Å². The molecule has 2 heterocycles. The number of nitrogen functional groups attached to an aromatic ring is 1. The number of nitrogens with two attached hydrogens (primary N) is 1. The van der Waals surface area contributed by atoms with E-state index >= 15 is 0 Å². The molecule has 0 saturated carbocycles. The van der Waals surface area contributed by atoms with Crippen LogP contribution in [0.25, 0.3) is 10.8 Å². The van der Waals surface area contributed by atoms with Gasteiger partial charge in [0.05, 0.1) is 11.7 Å².